The van der Waals surface area contributed by atoms with Crippen molar-refractivity contribution in [2.75, 3.05) is 25.0 Å². The third-order valence-electron chi connectivity index (χ3n) is 3.30. The lowest BCUT2D eigenvalue weighted by molar-refractivity contribution is -0.126. The first-order chi connectivity index (χ1) is 9.56. The second kappa shape index (κ2) is 8.36. The van der Waals surface area contributed by atoms with E-state index in [0.717, 1.165) is 28.7 Å². The number of anilines is 1. The van der Waals surface area contributed by atoms with Crippen molar-refractivity contribution in [3.63, 3.8) is 0 Å². The van der Waals surface area contributed by atoms with Gasteiger partial charge in [0.05, 0.1) is 12.5 Å². The van der Waals surface area contributed by atoms with E-state index in [4.69, 9.17) is 0 Å². The molecule has 116 valence electrons. The minimum atomic E-state index is -0.217. The lowest BCUT2D eigenvalue weighted by Gasteiger charge is -2.10. The van der Waals surface area contributed by atoms with Crippen LogP contribution in [-0.4, -0.2) is 31.4 Å². The van der Waals surface area contributed by atoms with Gasteiger partial charge in [-0.3, -0.25) is 9.59 Å². The van der Waals surface area contributed by atoms with Gasteiger partial charge in [0.1, 0.15) is 0 Å². The Balaban J connectivity index is 0.00000220. The van der Waals surface area contributed by atoms with Gasteiger partial charge in [-0.1, -0.05) is 15.9 Å². The summed E-state index contributed by atoms with van der Waals surface area (Å²) in [4.78, 5) is 23.5. The molecule has 21 heavy (non-hydrogen) atoms. The Bertz CT molecular complexity index is 519. The number of rotatable bonds is 4. The average Bonchev–Trinajstić information content (AvgIpc) is 2.94. The number of nitrogens with one attached hydrogen (secondary N) is 3. The van der Waals surface area contributed by atoms with Crippen LogP contribution in [0.4, 0.5) is 5.69 Å². The maximum atomic E-state index is 11.8. The normalized spacial score (nSPS) is 17.0. The first-order valence-corrected chi connectivity index (χ1v) is 7.40. The first kappa shape index (κ1) is 17.9. The van der Waals surface area contributed by atoms with Gasteiger partial charge in [0.25, 0.3) is 0 Å². The second-order valence-electron chi connectivity index (χ2n) is 4.92. The van der Waals surface area contributed by atoms with E-state index in [0.29, 0.717) is 6.54 Å². The van der Waals surface area contributed by atoms with Crippen molar-refractivity contribution in [3.8, 4) is 0 Å². The number of carbonyl (C=O) groups is 2. The van der Waals surface area contributed by atoms with Crippen molar-refractivity contribution in [2.45, 2.75) is 13.3 Å². The van der Waals surface area contributed by atoms with Crippen LogP contribution in [0, 0.1) is 12.8 Å². The molecule has 1 aromatic rings. The van der Waals surface area contributed by atoms with E-state index in [1.54, 1.807) is 0 Å². The van der Waals surface area contributed by atoms with Gasteiger partial charge < -0.3 is 16.0 Å². The van der Waals surface area contributed by atoms with Crippen LogP contribution in [0.15, 0.2) is 22.7 Å². The number of carbonyl (C=O) groups excluding carboxylic acids is 2. The van der Waals surface area contributed by atoms with E-state index in [2.05, 4.69) is 31.9 Å². The molecule has 2 rings (SSSR count). The van der Waals surface area contributed by atoms with Gasteiger partial charge >= 0.3 is 0 Å². The van der Waals surface area contributed by atoms with Crippen LogP contribution in [0.2, 0.25) is 0 Å². The van der Waals surface area contributed by atoms with Crippen LogP contribution >= 0.6 is 28.3 Å². The zero-order chi connectivity index (χ0) is 14.5. The molecule has 1 aliphatic heterocycles. The van der Waals surface area contributed by atoms with E-state index in [9.17, 15) is 9.59 Å². The van der Waals surface area contributed by atoms with Crippen molar-refractivity contribution in [3.05, 3.63) is 28.2 Å². The molecule has 1 aromatic carbocycles. The molecule has 1 saturated heterocycles. The standard InChI is InChI=1S/C14H18BrN3O2.ClH/c1-9-6-11(2-3-12(9)15)18-13(19)8-17-14(20)10-4-5-16-7-10;/h2-3,6,10,16H,4-5,7-8H2,1H3,(H,17,20)(H,18,19);1H. The molecule has 2 amide bonds. The summed E-state index contributed by atoms with van der Waals surface area (Å²) < 4.78 is 0.998. The average molecular weight is 377 g/mol. The number of benzene rings is 1. The molecule has 1 unspecified atom stereocenters. The van der Waals surface area contributed by atoms with Crippen molar-refractivity contribution in [2.24, 2.45) is 5.92 Å². The number of halogens is 2. The van der Waals surface area contributed by atoms with E-state index in [-0.39, 0.29) is 36.7 Å². The van der Waals surface area contributed by atoms with Gasteiger partial charge in [-0.05, 0) is 43.7 Å². The SMILES string of the molecule is Cc1cc(NC(=O)CNC(=O)C2CCNC2)ccc1Br.Cl. The first-order valence-electron chi connectivity index (χ1n) is 6.60. The van der Waals surface area contributed by atoms with Gasteiger partial charge in [0.2, 0.25) is 11.8 Å². The summed E-state index contributed by atoms with van der Waals surface area (Å²) in [5.74, 6) is -0.291. The summed E-state index contributed by atoms with van der Waals surface area (Å²) >= 11 is 3.41. The molecule has 0 bridgehead atoms. The fourth-order valence-corrected chi connectivity index (χ4v) is 2.36. The Kier molecular flexibility index (Phi) is 7.14. The highest BCUT2D eigenvalue weighted by atomic mass is 79.9. The highest BCUT2D eigenvalue weighted by molar-refractivity contribution is 9.10. The molecule has 1 heterocycles. The monoisotopic (exact) mass is 375 g/mol. The van der Waals surface area contributed by atoms with Crippen molar-refractivity contribution >= 4 is 45.8 Å². The third kappa shape index (κ3) is 5.30. The van der Waals surface area contributed by atoms with Crippen molar-refractivity contribution in [1.29, 1.82) is 0 Å². The van der Waals surface area contributed by atoms with Crippen LogP contribution in [0.25, 0.3) is 0 Å². The molecule has 0 radical (unpaired) electrons. The van der Waals surface area contributed by atoms with Gasteiger partial charge in [-0.25, -0.2) is 0 Å². The molecule has 0 saturated carbocycles. The van der Waals surface area contributed by atoms with Crippen LogP contribution < -0.4 is 16.0 Å². The second-order valence-corrected chi connectivity index (χ2v) is 5.77. The molecule has 0 aliphatic carbocycles. The lowest BCUT2D eigenvalue weighted by atomic mass is 10.1. The van der Waals surface area contributed by atoms with Crippen LogP contribution in [0.5, 0.6) is 0 Å². The van der Waals surface area contributed by atoms with Gasteiger partial charge in [0, 0.05) is 16.7 Å². The molecule has 1 fully saturated rings. The highest BCUT2D eigenvalue weighted by Gasteiger charge is 2.22. The zero-order valence-corrected chi connectivity index (χ0v) is 14.1. The molecule has 0 aromatic heterocycles. The van der Waals surface area contributed by atoms with E-state index >= 15 is 0 Å². The number of hydrogen-bond donors (Lipinski definition) is 3. The van der Waals surface area contributed by atoms with Gasteiger partial charge in [-0.15, -0.1) is 12.4 Å². The van der Waals surface area contributed by atoms with Crippen molar-refractivity contribution < 1.29 is 9.59 Å². The molecule has 7 heteroatoms. The van der Waals surface area contributed by atoms with E-state index < -0.39 is 0 Å². The maximum absolute atomic E-state index is 11.8. The Hall–Kier alpha value is -1.11. The van der Waals surface area contributed by atoms with Gasteiger partial charge in [-0.2, -0.15) is 0 Å². The summed E-state index contributed by atoms with van der Waals surface area (Å²) in [5, 5.41) is 8.56. The third-order valence-corrected chi connectivity index (χ3v) is 4.19. The molecule has 0 spiro atoms. The summed E-state index contributed by atoms with van der Waals surface area (Å²) in [6.07, 6.45) is 0.833. The Morgan fingerprint density at radius 3 is 2.81 bits per heavy atom. The molecule has 1 atom stereocenters. The van der Waals surface area contributed by atoms with Crippen LogP contribution in [-0.2, 0) is 9.59 Å². The van der Waals surface area contributed by atoms with E-state index in [1.165, 1.54) is 0 Å². The molecule has 1 aliphatic rings. The largest absolute Gasteiger partial charge is 0.347 e. The minimum absolute atomic E-state index is 0. The Morgan fingerprint density at radius 2 is 2.19 bits per heavy atom. The Morgan fingerprint density at radius 1 is 1.43 bits per heavy atom. The van der Waals surface area contributed by atoms with Crippen LogP contribution in [0.1, 0.15) is 12.0 Å². The summed E-state index contributed by atoms with van der Waals surface area (Å²) in [5.41, 5.74) is 1.77. The topological polar surface area (TPSA) is 70.2 Å². The zero-order valence-electron chi connectivity index (χ0n) is 11.7. The lowest BCUT2D eigenvalue weighted by Crippen LogP contribution is -2.37. The number of aryl methyl sites for hydroxylation is 1. The number of amides is 2. The predicted molar refractivity (Wildman–Crippen MR) is 88.7 cm³/mol. The number of hydrogen-bond acceptors (Lipinski definition) is 3. The minimum Gasteiger partial charge on any atom is -0.347 e. The molecular formula is C14H19BrClN3O2. The van der Waals surface area contributed by atoms with Crippen molar-refractivity contribution in [1.82, 2.24) is 10.6 Å². The molecule has 3 N–H and O–H groups in total. The summed E-state index contributed by atoms with van der Waals surface area (Å²) in [7, 11) is 0. The summed E-state index contributed by atoms with van der Waals surface area (Å²) in [6.45, 7) is 3.51. The molecular weight excluding hydrogens is 358 g/mol. The van der Waals surface area contributed by atoms with Crippen LogP contribution in [0.3, 0.4) is 0 Å². The van der Waals surface area contributed by atoms with Gasteiger partial charge in [0.15, 0.2) is 0 Å². The fraction of sp³-hybridized carbons (Fsp3) is 0.429. The fourth-order valence-electron chi connectivity index (χ4n) is 2.12. The smallest absolute Gasteiger partial charge is 0.243 e. The van der Waals surface area contributed by atoms with E-state index in [1.807, 2.05) is 25.1 Å². The summed E-state index contributed by atoms with van der Waals surface area (Å²) in [6, 6.07) is 5.58. The maximum Gasteiger partial charge on any atom is 0.243 e. The molecule has 5 nitrogen and oxygen atoms in total. The highest BCUT2D eigenvalue weighted by Crippen LogP contribution is 2.19. The quantitative estimate of drug-likeness (QED) is 0.751. The Labute approximate surface area is 138 Å². The predicted octanol–water partition coefficient (Wildman–Crippen LogP) is 1.84.